The van der Waals surface area contributed by atoms with Gasteiger partial charge in [0.05, 0.1) is 46.0 Å². The number of benzene rings is 4. The first-order chi connectivity index (χ1) is 34.7. The number of ether oxygens (including phenoxy) is 2. The number of halogens is 2. The van der Waals surface area contributed by atoms with Crippen LogP contribution in [-0.2, 0) is 26.2 Å². The molecule has 0 fully saturated rings. The quantitative estimate of drug-likeness (QED) is 0.0559. The zero-order valence-electron chi connectivity index (χ0n) is 38.1. The van der Waals surface area contributed by atoms with Gasteiger partial charge in [0.15, 0.2) is 0 Å². The van der Waals surface area contributed by atoms with Gasteiger partial charge in [-0.05, 0) is 102 Å². The van der Waals surface area contributed by atoms with E-state index in [2.05, 4.69) is 37.1 Å². The number of rotatable bonds is 19. The number of nitrogens with one attached hydrogen (secondary N) is 2. The number of anilines is 4. The number of hydrogen-bond donors (Lipinski definition) is 6. The molecule has 22 heteroatoms. The van der Waals surface area contributed by atoms with E-state index in [0.29, 0.717) is 60.4 Å². The van der Waals surface area contributed by atoms with Gasteiger partial charge in [0.2, 0.25) is 23.7 Å². The predicted octanol–water partition coefficient (Wildman–Crippen LogP) is 5.34. The molecule has 72 heavy (non-hydrogen) atoms. The standard InChI is InChI=1S/C25H24ClN5O6.C25H22ClN5O4/c26-18-6-4-17(5-7-18)13-30-22(29-23(34)31(24(30)35)14-25(36,15-32)16-33)28-19-8-10-20(11-9-19)37-21-3-1-2-12-27-21;1-17(16-32)14-31-24(33)29-23(30(25(31)34)15-18-5-7-19(26)8-6-18)28-20-9-11-21(12-10-20)35-22-4-2-3-13-27-22/h1-12,32-33,36H,13-16H2,(H,28,29,34);2-13,32H,1,14-16H2,(H,28,29,33). The van der Waals surface area contributed by atoms with Crippen LogP contribution in [0.15, 0.2) is 177 Å². The number of pyridine rings is 2. The third-order valence-corrected chi connectivity index (χ3v) is 10.9. The van der Waals surface area contributed by atoms with Crippen molar-refractivity contribution >= 4 is 46.5 Å². The highest BCUT2D eigenvalue weighted by atomic mass is 35.5. The zero-order valence-corrected chi connectivity index (χ0v) is 39.6. The van der Waals surface area contributed by atoms with Crippen molar-refractivity contribution in [3.05, 3.63) is 221 Å². The Bertz CT molecular complexity index is 3340. The van der Waals surface area contributed by atoms with Crippen LogP contribution in [-0.4, -0.2) is 84.1 Å². The fourth-order valence-corrected chi connectivity index (χ4v) is 6.85. The number of nitrogens with zero attached hydrogens (tertiary/aromatic N) is 8. The van der Waals surface area contributed by atoms with Crippen molar-refractivity contribution in [2.24, 2.45) is 0 Å². The molecule has 0 atom stereocenters. The predicted molar refractivity (Wildman–Crippen MR) is 270 cm³/mol. The highest BCUT2D eigenvalue weighted by Crippen LogP contribution is 2.25. The molecule has 4 aromatic heterocycles. The Hall–Kier alpha value is -8.24. The molecule has 4 aromatic carbocycles. The average Bonchev–Trinajstić information content (AvgIpc) is 3.39. The van der Waals surface area contributed by atoms with Crippen LogP contribution in [0.3, 0.4) is 0 Å². The van der Waals surface area contributed by atoms with Crippen molar-refractivity contribution in [1.29, 1.82) is 0 Å². The second-order valence-corrected chi connectivity index (χ2v) is 16.8. The van der Waals surface area contributed by atoms with Gasteiger partial charge in [-0.15, -0.1) is 0 Å². The van der Waals surface area contributed by atoms with E-state index in [-0.39, 0.29) is 38.1 Å². The van der Waals surface area contributed by atoms with Crippen molar-refractivity contribution in [1.82, 2.24) is 38.2 Å². The molecule has 370 valence electrons. The monoisotopic (exact) mass is 1020 g/mol. The highest BCUT2D eigenvalue weighted by Gasteiger charge is 2.29. The number of aliphatic hydroxyl groups excluding tert-OH is 3. The minimum atomic E-state index is -2.08. The summed E-state index contributed by atoms with van der Waals surface area (Å²) >= 11 is 12.0. The summed E-state index contributed by atoms with van der Waals surface area (Å²) in [5.74, 6) is 2.00. The van der Waals surface area contributed by atoms with Crippen LogP contribution in [0.5, 0.6) is 23.3 Å². The van der Waals surface area contributed by atoms with Crippen LogP contribution in [0.1, 0.15) is 11.1 Å². The van der Waals surface area contributed by atoms with Crippen molar-refractivity contribution < 1.29 is 29.9 Å². The smallest absolute Gasteiger partial charge is 0.355 e. The van der Waals surface area contributed by atoms with Crippen molar-refractivity contribution in [2.45, 2.75) is 31.8 Å². The van der Waals surface area contributed by atoms with Crippen LogP contribution in [0.4, 0.5) is 23.3 Å². The molecule has 0 spiro atoms. The first-order valence-corrected chi connectivity index (χ1v) is 22.5. The van der Waals surface area contributed by atoms with E-state index in [1.165, 1.54) is 9.13 Å². The lowest BCUT2D eigenvalue weighted by Crippen LogP contribution is -2.51. The lowest BCUT2D eigenvalue weighted by molar-refractivity contribution is -0.0675. The molecule has 4 heterocycles. The Kier molecular flexibility index (Phi) is 17.2. The Labute approximate surface area is 419 Å². The van der Waals surface area contributed by atoms with Gasteiger partial charge in [0.1, 0.15) is 17.1 Å². The van der Waals surface area contributed by atoms with Crippen molar-refractivity contribution in [3.63, 3.8) is 0 Å². The van der Waals surface area contributed by atoms with E-state index in [1.54, 1.807) is 140 Å². The number of aliphatic hydroxyl groups is 4. The summed E-state index contributed by atoms with van der Waals surface area (Å²) in [5, 5.41) is 45.5. The molecule has 0 unspecified atom stereocenters. The largest absolute Gasteiger partial charge is 0.439 e. The Morgan fingerprint density at radius 1 is 0.569 bits per heavy atom. The van der Waals surface area contributed by atoms with Crippen LogP contribution in [0, 0.1) is 0 Å². The molecule has 0 saturated heterocycles. The molecule has 0 aliphatic rings. The SMILES string of the molecule is C=C(CO)Cn1c(=O)nc(Nc2ccc(Oc3ccccn3)cc2)n(Cc2ccc(Cl)cc2)c1=O.O=c1nc(Nc2ccc(Oc3ccccn3)cc2)n(Cc2ccc(Cl)cc2)c(=O)n1CC(O)(CO)CO. The molecule has 0 bridgehead atoms. The average molecular weight is 1020 g/mol. The van der Waals surface area contributed by atoms with Crippen LogP contribution >= 0.6 is 23.2 Å². The van der Waals surface area contributed by atoms with Gasteiger partial charge in [-0.25, -0.2) is 38.3 Å². The molecule has 8 rings (SSSR count). The fourth-order valence-electron chi connectivity index (χ4n) is 6.60. The maximum Gasteiger partial charge on any atom is 0.355 e. The molecule has 0 amide bonds. The first kappa shape index (κ1) is 51.6. The van der Waals surface area contributed by atoms with Crippen LogP contribution < -0.4 is 42.9 Å². The molecule has 0 aliphatic carbocycles. The summed E-state index contributed by atoms with van der Waals surface area (Å²) in [5.41, 5.74) is -2.29. The van der Waals surface area contributed by atoms with Gasteiger partial charge in [-0.1, -0.05) is 66.2 Å². The minimum absolute atomic E-state index is 0.0170. The molecule has 20 nitrogen and oxygen atoms in total. The van der Waals surface area contributed by atoms with Gasteiger partial charge >= 0.3 is 22.8 Å². The molecule has 0 saturated carbocycles. The molecular weight excluding hydrogens is 972 g/mol. The zero-order chi connectivity index (χ0) is 51.2. The van der Waals surface area contributed by atoms with Gasteiger partial charge in [-0.3, -0.25) is 9.13 Å². The summed E-state index contributed by atoms with van der Waals surface area (Å²) in [4.78, 5) is 68.3. The lowest BCUT2D eigenvalue weighted by atomic mass is 10.1. The summed E-state index contributed by atoms with van der Waals surface area (Å²) in [6.45, 7) is 0.965. The Morgan fingerprint density at radius 3 is 1.38 bits per heavy atom. The first-order valence-electron chi connectivity index (χ1n) is 21.8. The van der Waals surface area contributed by atoms with Gasteiger partial charge in [0, 0.05) is 45.9 Å². The second-order valence-electron chi connectivity index (χ2n) is 15.9. The van der Waals surface area contributed by atoms with Gasteiger partial charge in [0.25, 0.3) is 0 Å². The van der Waals surface area contributed by atoms with Crippen molar-refractivity contribution in [2.75, 3.05) is 30.5 Å². The van der Waals surface area contributed by atoms with E-state index in [0.717, 1.165) is 10.1 Å². The van der Waals surface area contributed by atoms with Gasteiger partial charge < -0.3 is 40.5 Å². The lowest BCUT2D eigenvalue weighted by Gasteiger charge is -2.24. The highest BCUT2D eigenvalue weighted by molar-refractivity contribution is 6.30. The Balaban J connectivity index is 0.000000212. The van der Waals surface area contributed by atoms with Gasteiger partial charge in [-0.2, -0.15) is 9.97 Å². The maximum atomic E-state index is 13.4. The second kappa shape index (κ2) is 24.1. The molecule has 0 radical (unpaired) electrons. The van der Waals surface area contributed by atoms with Crippen molar-refractivity contribution in [3.8, 4) is 23.3 Å². The number of hydrogen-bond acceptors (Lipinski definition) is 16. The summed E-state index contributed by atoms with van der Waals surface area (Å²) in [6.07, 6.45) is 3.25. The van der Waals surface area contributed by atoms with E-state index < -0.39 is 48.1 Å². The van der Waals surface area contributed by atoms with E-state index >= 15 is 0 Å². The van der Waals surface area contributed by atoms with E-state index in [9.17, 15) is 39.6 Å². The number of aromatic nitrogens is 8. The third kappa shape index (κ3) is 13.8. The topological polar surface area (TPSA) is 263 Å². The van der Waals surface area contributed by atoms with Crippen LogP contribution in [0.25, 0.3) is 0 Å². The minimum Gasteiger partial charge on any atom is -0.439 e. The summed E-state index contributed by atoms with van der Waals surface area (Å²) in [7, 11) is 0. The fraction of sp³-hybridized carbons (Fsp3) is 0.160. The van der Waals surface area contributed by atoms with E-state index in [1.807, 2.05) is 6.07 Å². The Morgan fingerprint density at radius 2 is 0.986 bits per heavy atom. The molecular formula is C50H46Cl2N10O10. The molecule has 0 aliphatic heterocycles. The molecule has 8 aromatic rings. The van der Waals surface area contributed by atoms with E-state index in [4.69, 9.17) is 32.7 Å². The maximum absolute atomic E-state index is 13.4. The third-order valence-electron chi connectivity index (χ3n) is 10.4. The normalized spacial score (nSPS) is 11.0. The summed E-state index contributed by atoms with van der Waals surface area (Å²) < 4.78 is 15.5. The summed E-state index contributed by atoms with van der Waals surface area (Å²) in [6, 6.07) is 38.0. The molecule has 6 N–H and O–H groups in total. The van der Waals surface area contributed by atoms with Crippen LogP contribution in [0.2, 0.25) is 10.0 Å².